The molecule has 0 unspecified atom stereocenters. The van der Waals surface area contributed by atoms with Crippen molar-refractivity contribution >= 4 is 35.1 Å². The summed E-state index contributed by atoms with van der Waals surface area (Å²) >= 11 is 0. The number of benzene rings is 2. The lowest BCUT2D eigenvalue weighted by Crippen LogP contribution is -2.31. The third kappa shape index (κ3) is 4.05. The molecule has 0 N–H and O–H groups in total. The highest BCUT2D eigenvalue weighted by Gasteiger charge is 2.48. The highest BCUT2D eigenvalue weighted by molar-refractivity contribution is 6.22. The number of allylic oxidation sites excluding steroid dienone is 2. The van der Waals surface area contributed by atoms with Gasteiger partial charge in [0.25, 0.3) is 0 Å². The molecule has 2 aliphatic heterocycles. The zero-order valence-electron chi connectivity index (χ0n) is 20.1. The number of aryl methyl sites for hydroxylation is 3. The molecule has 2 aromatic rings. The maximum atomic E-state index is 12.9. The Kier molecular flexibility index (Phi) is 5.79. The average molecular weight is 473 g/mol. The second-order valence-corrected chi connectivity index (χ2v) is 9.73. The zero-order chi connectivity index (χ0) is 24.9. The van der Waals surface area contributed by atoms with Crippen LogP contribution in [-0.2, 0) is 19.2 Å². The van der Waals surface area contributed by atoms with Crippen molar-refractivity contribution in [3.8, 4) is 5.75 Å². The monoisotopic (exact) mass is 472 g/mol. The molecule has 3 atom stereocenters. The maximum Gasteiger partial charge on any atom is 0.316 e. The molecule has 35 heavy (non-hydrogen) atoms. The molecule has 0 bridgehead atoms. The van der Waals surface area contributed by atoms with Crippen LogP contribution in [0, 0.1) is 38.5 Å². The summed E-state index contributed by atoms with van der Waals surface area (Å²) in [6, 6.07) is 10.8. The van der Waals surface area contributed by atoms with Crippen LogP contribution < -0.4 is 14.5 Å². The summed E-state index contributed by atoms with van der Waals surface area (Å²) < 4.78 is 5.61. The van der Waals surface area contributed by atoms with E-state index in [0.717, 1.165) is 16.8 Å². The number of ether oxygens (including phenoxy) is 1. The summed E-state index contributed by atoms with van der Waals surface area (Å²) in [5.74, 6) is -1.77. The van der Waals surface area contributed by atoms with Crippen LogP contribution in [0.1, 0.15) is 36.0 Å². The van der Waals surface area contributed by atoms with Gasteiger partial charge in [0.15, 0.2) is 0 Å². The van der Waals surface area contributed by atoms with E-state index < -0.39 is 11.9 Å². The predicted molar refractivity (Wildman–Crippen MR) is 131 cm³/mol. The molecule has 3 aliphatic rings. The van der Waals surface area contributed by atoms with Gasteiger partial charge in [0.1, 0.15) is 5.75 Å². The number of fused-ring (bicyclic) bond motifs is 1. The van der Waals surface area contributed by atoms with Crippen molar-refractivity contribution in [1.82, 2.24) is 0 Å². The number of carbonyl (C=O) groups is 4. The van der Waals surface area contributed by atoms with Crippen LogP contribution in [0.3, 0.4) is 0 Å². The Bertz CT molecular complexity index is 1250. The van der Waals surface area contributed by atoms with Gasteiger partial charge in [-0.15, -0.1) is 0 Å². The summed E-state index contributed by atoms with van der Waals surface area (Å²) in [4.78, 5) is 54.3. The molecule has 0 aromatic heterocycles. The van der Waals surface area contributed by atoms with Crippen LogP contribution in [0.15, 0.2) is 48.6 Å². The Balaban J connectivity index is 1.29. The van der Waals surface area contributed by atoms with E-state index in [2.05, 4.69) is 0 Å². The summed E-state index contributed by atoms with van der Waals surface area (Å²) in [5, 5.41) is 0. The van der Waals surface area contributed by atoms with Crippen molar-refractivity contribution in [3.05, 3.63) is 65.2 Å². The molecule has 2 aromatic carbocycles. The van der Waals surface area contributed by atoms with Gasteiger partial charge in [-0.3, -0.25) is 19.2 Å². The van der Waals surface area contributed by atoms with Crippen molar-refractivity contribution in [1.29, 1.82) is 0 Å². The van der Waals surface area contributed by atoms with Crippen LogP contribution in [0.4, 0.5) is 11.4 Å². The summed E-state index contributed by atoms with van der Waals surface area (Å²) in [5.41, 5.74) is 4.10. The Morgan fingerprint density at radius 2 is 1.49 bits per heavy atom. The fraction of sp³-hybridized carbons (Fsp3) is 0.357. The molecule has 180 valence electrons. The summed E-state index contributed by atoms with van der Waals surface area (Å²) in [6.07, 6.45) is 5.18. The molecule has 0 spiro atoms. The Morgan fingerprint density at radius 3 is 2.11 bits per heavy atom. The van der Waals surface area contributed by atoms with Crippen LogP contribution in [0.25, 0.3) is 0 Å². The first-order chi connectivity index (χ1) is 16.7. The number of esters is 1. The Hall–Kier alpha value is -3.74. The second-order valence-electron chi connectivity index (χ2n) is 9.73. The first-order valence-corrected chi connectivity index (χ1v) is 12.0. The molecular formula is C28H28N2O5. The summed E-state index contributed by atoms with van der Waals surface area (Å²) in [6.45, 7) is 6.00. The van der Waals surface area contributed by atoms with E-state index in [1.165, 1.54) is 4.90 Å². The number of anilines is 2. The molecule has 5 rings (SSSR count). The molecule has 0 saturated carbocycles. The van der Waals surface area contributed by atoms with Gasteiger partial charge < -0.3 is 9.64 Å². The Labute approximate surface area is 204 Å². The number of amides is 3. The van der Waals surface area contributed by atoms with E-state index in [4.69, 9.17) is 4.74 Å². The normalized spacial score (nSPS) is 23.7. The van der Waals surface area contributed by atoms with E-state index >= 15 is 0 Å². The fourth-order valence-corrected chi connectivity index (χ4v) is 5.39. The van der Waals surface area contributed by atoms with Crippen LogP contribution in [-0.4, -0.2) is 30.2 Å². The predicted octanol–water partition coefficient (Wildman–Crippen LogP) is 4.03. The lowest BCUT2D eigenvalue weighted by molar-refractivity contribution is -0.139. The van der Waals surface area contributed by atoms with Gasteiger partial charge >= 0.3 is 5.97 Å². The molecule has 2 saturated heterocycles. The number of hydrogen-bond acceptors (Lipinski definition) is 5. The van der Waals surface area contributed by atoms with Gasteiger partial charge in [0.05, 0.1) is 23.4 Å². The van der Waals surface area contributed by atoms with Crippen molar-refractivity contribution < 1.29 is 23.9 Å². The summed E-state index contributed by atoms with van der Waals surface area (Å²) in [7, 11) is 0. The minimum absolute atomic E-state index is 0.0941. The number of imide groups is 1. The highest BCUT2D eigenvalue weighted by atomic mass is 16.5. The molecule has 1 aliphatic carbocycles. The number of rotatable bonds is 4. The third-order valence-electron chi connectivity index (χ3n) is 7.24. The van der Waals surface area contributed by atoms with Crippen molar-refractivity contribution in [3.63, 3.8) is 0 Å². The minimum atomic E-state index is -0.569. The molecule has 0 radical (unpaired) electrons. The quantitative estimate of drug-likeness (QED) is 0.290. The van der Waals surface area contributed by atoms with Gasteiger partial charge in [-0.25, -0.2) is 4.90 Å². The smallest absolute Gasteiger partial charge is 0.316 e. The third-order valence-corrected chi connectivity index (χ3v) is 7.24. The SMILES string of the molecule is Cc1ccc(N2C[C@@H](C(=O)Oc3ccc(N4C(=O)[C@H]5CC=CC[C@H]5C4=O)c(C)c3)CC2=O)c(C)c1. The van der Waals surface area contributed by atoms with E-state index in [-0.39, 0.29) is 42.5 Å². The van der Waals surface area contributed by atoms with Gasteiger partial charge in [-0.1, -0.05) is 29.8 Å². The lowest BCUT2D eigenvalue weighted by atomic mass is 9.85. The van der Waals surface area contributed by atoms with E-state index in [1.54, 1.807) is 30.0 Å². The number of nitrogens with zero attached hydrogens (tertiary/aromatic N) is 2. The molecule has 3 amide bonds. The van der Waals surface area contributed by atoms with E-state index in [0.29, 0.717) is 29.8 Å². The number of carbonyl (C=O) groups excluding carboxylic acids is 4. The first-order valence-electron chi connectivity index (χ1n) is 12.0. The maximum absolute atomic E-state index is 12.9. The first kappa shape index (κ1) is 23.0. The lowest BCUT2D eigenvalue weighted by Gasteiger charge is -2.20. The highest BCUT2D eigenvalue weighted by Crippen LogP contribution is 2.39. The van der Waals surface area contributed by atoms with E-state index in [1.807, 2.05) is 44.2 Å². The molecule has 2 fully saturated rings. The van der Waals surface area contributed by atoms with Gasteiger partial charge in [-0.2, -0.15) is 0 Å². The van der Waals surface area contributed by atoms with Crippen molar-refractivity contribution in [2.45, 2.75) is 40.0 Å². The second kappa shape index (κ2) is 8.80. The molecular weight excluding hydrogens is 444 g/mol. The minimum Gasteiger partial charge on any atom is -0.426 e. The van der Waals surface area contributed by atoms with E-state index in [9.17, 15) is 19.2 Å². The fourth-order valence-electron chi connectivity index (χ4n) is 5.39. The standard InChI is InChI=1S/C28H28N2O5/c1-16-8-10-23(17(2)12-16)29-15-19(14-25(29)31)28(34)35-20-9-11-24(18(3)13-20)30-26(32)21-6-4-5-7-22(21)27(30)33/h4-5,8-13,19,21-22H,6-7,14-15H2,1-3H3/t19-,21-,22+/m0/s1. The molecule has 2 heterocycles. The molecule has 7 nitrogen and oxygen atoms in total. The average Bonchev–Trinajstić information content (AvgIpc) is 3.32. The molecule has 7 heteroatoms. The topological polar surface area (TPSA) is 84.0 Å². The van der Waals surface area contributed by atoms with Crippen LogP contribution in [0.2, 0.25) is 0 Å². The van der Waals surface area contributed by atoms with Crippen molar-refractivity contribution in [2.75, 3.05) is 16.3 Å². The van der Waals surface area contributed by atoms with Crippen LogP contribution >= 0.6 is 0 Å². The van der Waals surface area contributed by atoms with Gasteiger partial charge in [0, 0.05) is 18.7 Å². The van der Waals surface area contributed by atoms with Crippen LogP contribution in [0.5, 0.6) is 5.75 Å². The zero-order valence-corrected chi connectivity index (χ0v) is 20.1. The van der Waals surface area contributed by atoms with Gasteiger partial charge in [-0.05, 0) is 69.0 Å². The van der Waals surface area contributed by atoms with Gasteiger partial charge in [0.2, 0.25) is 17.7 Å². The Morgan fingerprint density at radius 1 is 0.857 bits per heavy atom. The largest absolute Gasteiger partial charge is 0.426 e. The van der Waals surface area contributed by atoms with Crippen molar-refractivity contribution in [2.24, 2.45) is 17.8 Å². The number of hydrogen-bond donors (Lipinski definition) is 0.